The summed E-state index contributed by atoms with van der Waals surface area (Å²) in [5.74, 6) is -1.28. The zero-order valence-electron chi connectivity index (χ0n) is 10.3. The number of hydrogen-bond acceptors (Lipinski definition) is 5. The molecule has 1 aliphatic rings. The number of carbonyl (C=O) groups excluding carboxylic acids is 2. The number of hydrogen-bond donors (Lipinski definition) is 0. The van der Waals surface area contributed by atoms with Gasteiger partial charge in [0.05, 0.1) is 4.90 Å². The summed E-state index contributed by atoms with van der Waals surface area (Å²) in [6.45, 7) is 1.95. The Hall–Kier alpha value is -1.73. The van der Waals surface area contributed by atoms with E-state index in [1.54, 1.807) is 12.1 Å². The molecule has 102 valence electrons. The van der Waals surface area contributed by atoms with Crippen LogP contribution in [0, 0.1) is 0 Å². The lowest BCUT2D eigenvalue weighted by molar-refractivity contribution is -0.163. The molecule has 0 radical (unpaired) electrons. The van der Waals surface area contributed by atoms with Gasteiger partial charge in [-0.3, -0.25) is 9.59 Å². The van der Waals surface area contributed by atoms with Gasteiger partial charge in [-0.1, -0.05) is 19.1 Å². The second kappa shape index (κ2) is 5.10. The summed E-state index contributed by atoms with van der Waals surface area (Å²) >= 11 is 0. The normalized spacial score (nSPS) is 16.2. The smallest absolute Gasteiger partial charge is 0.272 e. The molecule has 0 saturated carbocycles. The Labute approximate surface area is 111 Å². The third kappa shape index (κ3) is 2.82. The first-order valence-electron chi connectivity index (χ1n) is 5.83. The Morgan fingerprint density at radius 2 is 1.63 bits per heavy atom. The largest absolute Gasteiger partial charge is 0.318 e. The van der Waals surface area contributed by atoms with Crippen molar-refractivity contribution in [3.63, 3.8) is 0 Å². The Morgan fingerprint density at radius 3 is 2.11 bits per heavy atom. The summed E-state index contributed by atoms with van der Waals surface area (Å²) in [5, 5.41) is 0.322. The van der Waals surface area contributed by atoms with E-state index < -0.39 is 21.9 Å². The van der Waals surface area contributed by atoms with Gasteiger partial charge in [-0.15, -0.1) is 9.35 Å². The van der Waals surface area contributed by atoms with Gasteiger partial charge in [0, 0.05) is 12.8 Å². The predicted molar refractivity (Wildman–Crippen MR) is 65.2 cm³/mol. The molecule has 0 bridgehead atoms. The summed E-state index contributed by atoms with van der Waals surface area (Å²) in [4.78, 5) is 22.5. The lowest BCUT2D eigenvalue weighted by Gasteiger charge is -2.12. The molecule has 7 heteroatoms. The standard InChI is InChI=1S/C12H13NO5S/c1-2-9-3-5-10(6-4-9)19(16,17)18-13-11(14)7-8-12(13)15/h3-6H,2,7-8H2,1H3. The summed E-state index contributed by atoms with van der Waals surface area (Å²) in [6.07, 6.45) is 0.733. The molecule has 0 spiro atoms. The quantitative estimate of drug-likeness (QED) is 0.771. The van der Waals surface area contributed by atoms with Crippen LogP contribution in [-0.2, 0) is 30.4 Å². The molecule has 19 heavy (non-hydrogen) atoms. The Morgan fingerprint density at radius 1 is 1.11 bits per heavy atom. The van der Waals surface area contributed by atoms with Gasteiger partial charge in [0.15, 0.2) is 0 Å². The highest BCUT2D eigenvalue weighted by Gasteiger charge is 2.34. The number of rotatable bonds is 4. The molecule has 0 N–H and O–H groups in total. The lowest BCUT2D eigenvalue weighted by Crippen LogP contribution is -2.32. The molecule has 1 heterocycles. The van der Waals surface area contributed by atoms with Gasteiger partial charge in [0.25, 0.3) is 11.8 Å². The summed E-state index contributed by atoms with van der Waals surface area (Å²) in [6, 6.07) is 6.09. The molecule has 1 aromatic rings. The molecule has 1 saturated heterocycles. The maximum absolute atomic E-state index is 11.9. The highest BCUT2D eigenvalue weighted by Crippen LogP contribution is 2.19. The van der Waals surface area contributed by atoms with E-state index in [4.69, 9.17) is 0 Å². The third-order valence-electron chi connectivity index (χ3n) is 2.80. The first-order valence-corrected chi connectivity index (χ1v) is 7.24. The average Bonchev–Trinajstić information content (AvgIpc) is 2.70. The van der Waals surface area contributed by atoms with E-state index in [0.29, 0.717) is 5.06 Å². The van der Waals surface area contributed by atoms with Crippen LogP contribution in [0.3, 0.4) is 0 Å². The molecule has 0 aliphatic carbocycles. The molecule has 0 aromatic heterocycles. The highest BCUT2D eigenvalue weighted by molar-refractivity contribution is 7.86. The van der Waals surface area contributed by atoms with Crippen LogP contribution >= 0.6 is 0 Å². The average molecular weight is 283 g/mol. The number of carbonyl (C=O) groups is 2. The van der Waals surface area contributed by atoms with E-state index in [9.17, 15) is 18.0 Å². The van der Waals surface area contributed by atoms with E-state index in [-0.39, 0.29) is 17.7 Å². The third-order valence-corrected chi connectivity index (χ3v) is 3.99. The summed E-state index contributed by atoms with van der Waals surface area (Å²) < 4.78 is 28.4. The number of hydroxylamine groups is 2. The minimum atomic E-state index is -4.15. The SMILES string of the molecule is CCc1ccc(S(=O)(=O)ON2C(=O)CCC2=O)cc1. The van der Waals surface area contributed by atoms with Gasteiger partial charge >= 0.3 is 10.1 Å². The maximum Gasteiger partial charge on any atom is 0.318 e. The van der Waals surface area contributed by atoms with Crippen molar-refractivity contribution in [1.82, 2.24) is 5.06 Å². The molecule has 0 unspecified atom stereocenters. The minimum Gasteiger partial charge on any atom is -0.272 e. The van der Waals surface area contributed by atoms with Crippen molar-refractivity contribution >= 4 is 21.9 Å². The first-order chi connectivity index (χ1) is 8.94. The van der Waals surface area contributed by atoms with E-state index >= 15 is 0 Å². The number of aryl methyl sites for hydroxylation is 1. The molecule has 1 aromatic carbocycles. The van der Waals surface area contributed by atoms with Crippen LogP contribution in [-0.4, -0.2) is 25.3 Å². The number of nitrogens with zero attached hydrogens (tertiary/aromatic N) is 1. The first kappa shape index (κ1) is 13.7. The number of benzene rings is 1. The van der Waals surface area contributed by atoms with Crippen molar-refractivity contribution in [3.8, 4) is 0 Å². The van der Waals surface area contributed by atoms with Gasteiger partial charge < -0.3 is 0 Å². The molecule has 2 rings (SSSR count). The minimum absolute atomic E-state index is 0.0247. The van der Waals surface area contributed by atoms with Crippen LogP contribution in [0.1, 0.15) is 25.3 Å². The second-order valence-electron chi connectivity index (χ2n) is 4.11. The van der Waals surface area contributed by atoms with Gasteiger partial charge in [-0.25, -0.2) is 0 Å². The fourth-order valence-electron chi connectivity index (χ4n) is 1.67. The Bertz CT molecular complexity index is 590. The fraction of sp³-hybridized carbons (Fsp3) is 0.333. The monoisotopic (exact) mass is 283 g/mol. The van der Waals surface area contributed by atoms with Gasteiger partial charge in [0.1, 0.15) is 0 Å². The Balaban J connectivity index is 2.22. The zero-order valence-corrected chi connectivity index (χ0v) is 11.1. The molecule has 6 nitrogen and oxygen atoms in total. The van der Waals surface area contributed by atoms with Gasteiger partial charge in [-0.2, -0.15) is 8.42 Å². The highest BCUT2D eigenvalue weighted by atomic mass is 32.2. The molecule has 2 amide bonds. The van der Waals surface area contributed by atoms with Crippen LogP contribution in [0.4, 0.5) is 0 Å². The molecular formula is C12H13NO5S. The fourth-order valence-corrected chi connectivity index (χ4v) is 2.59. The van der Waals surface area contributed by atoms with Crippen molar-refractivity contribution in [2.45, 2.75) is 31.1 Å². The van der Waals surface area contributed by atoms with E-state index in [2.05, 4.69) is 4.28 Å². The van der Waals surface area contributed by atoms with E-state index in [0.717, 1.165) is 12.0 Å². The van der Waals surface area contributed by atoms with Crippen molar-refractivity contribution in [1.29, 1.82) is 0 Å². The topological polar surface area (TPSA) is 80.8 Å². The number of imide groups is 1. The van der Waals surface area contributed by atoms with Crippen LogP contribution in [0.15, 0.2) is 29.2 Å². The van der Waals surface area contributed by atoms with Crippen molar-refractivity contribution in [2.75, 3.05) is 0 Å². The van der Waals surface area contributed by atoms with Gasteiger partial charge in [-0.05, 0) is 24.1 Å². The van der Waals surface area contributed by atoms with Crippen molar-refractivity contribution in [2.24, 2.45) is 0 Å². The lowest BCUT2D eigenvalue weighted by atomic mass is 10.2. The summed E-state index contributed by atoms with van der Waals surface area (Å²) in [7, 11) is -4.15. The second-order valence-corrected chi connectivity index (χ2v) is 5.64. The Kier molecular flexibility index (Phi) is 3.68. The van der Waals surface area contributed by atoms with Gasteiger partial charge in [0.2, 0.25) is 0 Å². The molecule has 1 aliphatic heterocycles. The van der Waals surface area contributed by atoms with Crippen LogP contribution < -0.4 is 0 Å². The van der Waals surface area contributed by atoms with E-state index in [1.165, 1.54) is 12.1 Å². The molecule has 1 fully saturated rings. The maximum atomic E-state index is 11.9. The molecular weight excluding hydrogens is 270 g/mol. The summed E-state index contributed by atoms with van der Waals surface area (Å²) in [5.41, 5.74) is 0.979. The molecule has 0 atom stereocenters. The zero-order chi connectivity index (χ0) is 14.0. The predicted octanol–water partition coefficient (Wildman–Crippen LogP) is 1.02. The van der Waals surface area contributed by atoms with Crippen LogP contribution in [0.25, 0.3) is 0 Å². The van der Waals surface area contributed by atoms with Crippen molar-refractivity contribution in [3.05, 3.63) is 29.8 Å². The van der Waals surface area contributed by atoms with E-state index in [1.807, 2.05) is 6.92 Å². The number of amides is 2. The van der Waals surface area contributed by atoms with Crippen LogP contribution in [0.2, 0.25) is 0 Å². The van der Waals surface area contributed by atoms with Crippen LogP contribution in [0.5, 0.6) is 0 Å². The van der Waals surface area contributed by atoms with Crippen molar-refractivity contribution < 1.29 is 22.3 Å².